The quantitative estimate of drug-likeness (QED) is 0.525. The van der Waals surface area contributed by atoms with E-state index in [2.05, 4.69) is 39.3 Å². The van der Waals surface area contributed by atoms with E-state index in [4.69, 9.17) is 19.8 Å². The zero-order chi connectivity index (χ0) is 21.8. The molecule has 0 aromatic carbocycles. The molecule has 0 unspecified atom stereocenters. The number of hydrogen-bond acceptors (Lipinski definition) is 9. The molecule has 31 heavy (non-hydrogen) atoms. The summed E-state index contributed by atoms with van der Waals surface area (Å²) in [7, 11) is 0. The third kappa shape index (κ3) is 4.75. The van der Waals surface area contributed by atoms with Gasteiger partial charge in [0.2, 0.25) is 11.9 Å². The van der Waals surface area contributed by atoms with Gasteiger partial charge in [-0.1, -0.05) is 6.92 Å². The van der Waals surface area contributed by atoms with Gasteiger partial charge in [-0.3, -0.25) is 4.68 Å². The molecule has 2 N–H and O–H groups in total. The van der Waals surface area contributed by atoms with Crippen LogP contribution in [0.5, 0.6) is 0 Å². The van der Waals surface area contributed by atoms with Crippen LogP contribution in [0.15, 0.2) is 12.3 Å². The molecule has 1 aliphatic heterocycles. The minimum Gasteiger partial charge on any atom is -0.380 e. The van der Waals surface area contributed by atoms with E-state index in [1.807, 2.05) is 24.6 Å². The first-order valence-corrected chi connectivity index (χ1v) is 11.0. The Hall–Kier alpha value is -2.85. The number of nitrogens with zero attached hydrogens (tertiary/aromatic N) is 7. The number of nitrogens with one attached hydrogen (secondary N) is 2. The highest BCUT2D eigenvalue weighted by molar-refractivity contribution is 5.90. The van der Waals surface area contributed by atoms with E-state index in [0.29, 0.717) is 43.5 Å². The zero-order valence-electron chi connectivity index (χ0n) is 18.7. The molecule has 1 saturated heterocycles. The summed E-state index contributed by atoms with van der Waals surface area (Å²) in [5.41, 5.74) is 3.56. The zero-order valence-corrected chi connectivity index (χ0v) is 18.7. The number of fused-ring (bicyclic) bond motifs is 1. The first-order valence-electron chi connectivity index (χ1n) is 11.0. The number of aryl methyl sites for hydroxylation is 2. The maximum absolute atomic E-state index is 5.57. The van der Waals surface area contributed by atoms with Crippen LogP contribution < -0.4 is 15.5 Å². The molecule has 0 spiro atoms. The SMILES string of the molecule is CCOCCn1nc(CC)c2nc(N3CCN[C@H](C)C3)nc(Nc3nccc(C)n3)c21. The normalized spacial score (nSPS) is 16.8. The van der Waals surface area contributed by atoms with Crippen LogP contribution in [-0.2, 0) is 17.7 Å². The van der Waals surface area contributed by atoms with E-state index in [0.717, 1.165) is 48.5 Å². The number of hydrogen-bond donors (Lipinski definition) is 2. The van der Waals surface area contributed by atoms with Gasteiger partial charge in [0.25, 0.3) is 0 Å². The fourth-order valence-corrected chi connectivity index (χ4v) is 3.78. The number of anilines is 3. The van der Waals surface area contributed by atoms with Gasteiger partial charge in [0.1, 0.15) is 11.0 Å². The highest BCUT2D eigenvalue weighted by Gasteiger charge is 2.23. The van der Waals surface area contributed by atoms with E-state index >= 15 is 0 Å². The molecule has 1 fully saturated rings. The van der Waals surface area contributed by atoms with Crippen LogP contribution in [0.4, 0.5) is 17.7 Å². The Bertz CT molecular complexity index is 1040. The van der Waals surface area contributed by atoms with Crippen LogP contribution in [0.25, 0.3) is 11.0 Å². The summed E-state index contributed by atoms with van der Waals surface area (Å²) >= 11 is 0. The van der Waals surface area contributed by atoms with Gasteiger partial charge in [-0.2, -0.15) is 10.1 Å². The molecule has 1 atom stereocenters. The predicted octanol–water partition coefficient (Wildman–Crippen LogP) is 2.07. The Morgan fingerprint density at radius 2 is 2.13 bits per heavy atom. The lowest BCUT2D eigenvalue weighted by Gasteiger charge is -2.32. The Morgan fingerprint density at radius 3 is 2.87 bits per heavy atom. The van der Waals surface area contributed by atoms with Gasteiger partial charge < -0.3 is 20.3 Å². The van der Waals surface area contributed by atoms with Crippen LogP contribution in [0.1, 0.15) is 32.2 Å². The topological polar surface area (TPSA) is 106 Å². The van der Waals surface area contributed by atoms with E-state index in [1.54, 1.807) is 6.20 Å². The molecule has 3 aromatic heterocycles. The summed E-state index contributed by atoms with van der Waals surface area (Å²) in [6.45, 7) is 12.7. The second kappa shape index (κ2) is 9.52. The summed E-state index contributed by atoms with van der Waals surface area (Å²) in [6, 6.07) is 2.25. The van der Waals surface area contributed by atoms with Gasteiger partial charge >= 0.3 is 0 Å². The van der Waals surface area contributed by atoms with Crippen LogP contribution in [-0.4, -0.2) is 68.6 Å². The van der Waals surface area contributed by atoms with Crippen molar-refractivity contribution in [2.24, 2.45) is 0 Å². The predicted molar refractivity (Wildman–Crippen MR) is 121 cm³/mol. The molecular formula is C21H31N9O. The van der Waals surface area contributed by atoms with Crippen LogP contribution in [0.2, 0.25) is 0 Å². The van der Waals surface area contributed by atoms with Crippen LogP contribution in [0, 0.1) is 6.92 Å². The molecule has 10 nitrogen and oxygen atoms in total. The van der Waals surface area contributed by atoms with Crippen molar-refractivity contribution in [2.75, 3.05) is 43.1 Å². The summed E-state index contributed by atoms with van der Waals surface area (Å²) in [5.74, 6) is 1.88. The fourth-order valence-electron chi connectivity index (χ4n) is 3.78. The minimum absolute atomic E-state index is 0.379. The summed E-state index contributed by atoms with van der Waals surface area (Å²) < 4.78 is 7.51. The Kier molecular flexibility index (Phi) is 6.57. The fraction of sp³-hybridized carbons (Fsp3) is 0.571. The highest BCUT2D eigenvalue weighted by atomic mass is 16.5. The summed E-state index contributed by atoms with van der Waals surface area (Å²) in [4.78, 5) is 21.0. The lowest BCUT2D eigenvalue weighted by Crippen LogP contribution is -2.49. The molecule has 0 aliphatic carbocycles. The largest absolute Gasteiger partial charge is 0.380 e. The molecule has 4 rings (SSSR count). The maximum Gasteiger partial charge on any atom is 0.228 e. The molecule has 1 aliphatic rings. The molecule has 0 bridgehead atoms. The smallest absolute Gasteiger partial charge is 0.228 e. The van der Waals surface area contributed by atoms with Crippen molar-refractivity contribution < 1.29 is 4.74 Å². The number of ether oxygens (including phenoxy) is 1. The van der Waals surface area contributed by atoms with E-state index in [9.17, 15) is 0 Å². The average Bonchev–Trinajstić information content (AvgIpc) is 3.12. The molecule has 4 heterocycles. The summed E-state index contributed by atoms with van der Waals surface area (Å²) in [5, 5.41) is 11.6. The van der Waals surface area contributed by atoms with Crippen LogP contribution >= 0.6 is 0 Å². The van der Waals surface area contributed by atoms with E-state index < -0.39 is 0 Å². The van der Waals surface area contributed by atoms with Crippen molar-refractivity contribution in [2.45, 2.75) is 46.7 Å². The standard InChI is InChI=1S/C21H31N9O/c1-5-16-17-18(30(28-16)11-12-31-6-2)19(26-20-23-8-7-14(3)24-20)27-21(25-17)29-10-9-22-15(4)13-29/h7-8,15,22H,5-6,9-13H2,1-4H3,(H,23,24,25,26,27)/t15-/m1/s1. The Morgan fingerprint density at radius 1 is 1.26 bits per heavy atom. The average molecular weight is 426 g/mol. The second-order valence-corrected chi connectivity index (χ2v) is 7.74. The van der Waals surface area contributed by atoms with Gasteiger partial charge in [0.15, 0.2) is 5.82 Å². The van der Waals surface area contributed by atoms with E-state index in [-0.39, 0.29) is 0 Å². The molecule has 3 aromatic rings. The first-order chi connectivity index (χ1) is 15.1. The monoisotopic (exact) mass is 425 g/mol. The molecule has 10 heteroatoms. The van der Waals surface area contributed by atoms with Gasteiger partial charge in [-0.15, -0.1) is 0 Å². The highest BCUT2D eigenvalue weighted by Crippen LogP contribution is 2.28. The maximum atomic E-state index is 5.57. The second-order valence-electron chi connectivity index (χ2n) is 7.74. The number of piperazine rings is 1. The first kappa shape index (κ1) is 21.4. The Balaban J connectivity index is 1.81. The van der Waals surface area contributed by atoms with Crippen molar-refractivity contribution in [3.05, 3.63) is 23.7 Å². The van der Waals surface area contributed by atoms with Gasteiger partial charge in [-0.05, 0) is 33.3 Å². The van der Waals surface area contributed by atoms with Crippen LogP contribution in [0.3, 0.4) is 0 Å². The lowest BCUT2D eigenvalue weighted by molar-refractivity contribution is 0.137. The third-order valence-corrected chi connectivity index (χ3v) is 5.31. The van der Waals surface area contributed by atoms with Gasteiger partial charge in [0, 0.05) is 44.2 Å². The number of rotatable bonds is 8. The van der Waals surface area contributed by atoms with Crippen molar-refractivity contribution in [1.29, 1.82) is 0 Å². The molecule has 0 amide bonds. The van der Waals surface area contributed by atoms with Crippen molar-refractivity contribution in [3.63, 3.8) is 0 Å². The third-order valence-electron chi connectivity index (χ3n) is 5.31. The summed E-state index contributed by atoms with van der Waals surface area (Å²) in [6.07, 6.45) is 2.53. The van der Waals surface area contributed by atoms with E-state index in [1.165, 1.54) is 0 Å². The molecule has 166 valence electrons. The lowest BCUT2D eigenvalue weighted by atomic mass is 10.2. The van der Waals surface area contributed by atoms with Crippen molar-refractivity contribution >= 4 is 28.7 Å². The molecule has 0 radical (unpaired) electrons. The van der Waals surface area contributed by atoms with Gasteiger partial charge in [0.05, 0.1) is 18.8 Å². The minimum atomic E-state index is 0.379. The van der Waals surface area contributed by atoms with Gasteiger partial charge in [-0.25, -0.2) is 15.0 Å². The molecular weight excluding hydrogens is 394 g/mol. The van der Waals surface area contributed by atoms with Crippen molar-refractivity contribution in [1.82, 2.24) is 35.0 Å². The number of aromatic nitrogens is 6. The Labute approximate surface area is 182 Å². The molecule has 0 saturated carbocycles. The van der Waals surface area contributed by atoms with Crippen molar-refractivity contribution in [3.8, 4) is 0 Å².